The van der Waals surface area contributed by atoms with Crippen LogP contribution in [0, 0.1) is 0 Å². The molecular formula is C13H22O10. The van der Waals surface area contributed by atoms with Gasteiger partial charge in [0.05, 0.1) is 13.2 Å². The molecule has 0 aromatic heterocycles. The predicted octanol–water partition coefficient (Wildman–Crippen LogP) is -3.70. The number of methoxy groups -OCH3 is 1. The molecule has 4 unspecified atom stereocenters. The lowest BCUT2D eigenvalue weighted by atomic mass is 9.98. The number of rotatable bonds is 4. The maximum Gasteiger partial charge on any atom is 0.187 e. The molecule has 0 amide bonds. The Morgan fingerprint density at radius 1 is 1.00 bits per heavy atom. The smallest absolute Gasteiger partial charge is 0.187 e. The first-order valence-corrected chi connectivity index (χ1v) is 7.41. The van der Waals surface area contributed by atoms with Crippen LogP contribution >= 0.6 is 0 Å². The maximum absolute atomic E-state index is 10.2. The van der Waals surface area contributed by atoms with Crippen LogP contribution in [0.25, 0.3) is 0 Å². The zero-order chi connectivity index (χ0) is 16.7. The highest BCUT2D eigenvalue weighted by molar-refractivity contribution is 4.98. The molecule has 0 aromatic rings. The van der Waals surface area contributed by atoms with E-state index in [2.05, 4.69) is 0 Å². The molecule has 3 heterocycles. The fourth-order valence-corrected chi connectivity index (χ4v) is 3.20. The van der Waals surface area contributed by atoms with E-state index in [0.29, 0.717) is 0 Å². The van der Waals surface area contributed by atoms with Crippen LogP contribution in [-0.2, 0) is 23.7 Å². The molecule has 10 atom stereocenters. The molecule has 10 nitrogen and oxygen atoms in total. The third kappa shape index (κ3) is 3.00. The minimum Gasteiger partial charge on any atom is -0.394 e. The van der Waals surface area contributed by atoms with Crippen LogP contribution in [0.5, 0.6) is 0 Å². The molecule has 0 saturated carbocycles. The number of fused-ring (bicyclic) bond motifs is 2. The fraction of sp³-hybridized carbons (Fsp3) is 1.00. The van der Waals surface area contributed by atoms with Crippen LogP contribution in [0.1, 0.15) is 0 Å². The van der Waals surface area contributed by atoms with E-state index in [1.807, 2.05) is 0 Å². The highest BCUT2D eigenvalue weighted by Crippen LogP contribution is 2.34. The lowest BCUT2D eigenvalue weighted by Gasteiger charge is -2.44. The maximum atomic E-state index is 10.2. The van der Waals surface area contributed by atoms with E-state index in [9.17, 15) is 25.5 Å². The van der Waals surface area contributed by atoms with Gasteiger partial charge in [-0.2, -0.15) is 0 Å². The summed E-state index contributed by atoms with van der Waals surface area (Å²) >= 11 is 0. The summed E-state index contributed by atoms with van der Waals surface area (Å²) in [7, 11) is 1.31. The third-order valence-corrected chi connectivity index (χ3v) is 4.47. The average Bonchev–Trinajstić information content (AvgIpc) is 2.84. The molecule has 3 rings (SSSR count). The molecule has 23 heavy (non-hydrogen) atoms. The third-order valence-electron chi connectivity index (χ3n) is 4.47. The molecule has 5 N–H and O–H groups in total. The zero-order valence-corrected chi connectivity index (χ0v) is 12.5. The van der Waals surface area contributed by atoms with Crippen molar-refractivity contribution in [2.75, 3.05) is 20.3 Å². The Labute approximate surface area is 132 Å². The molecule has 3 fully saturated rings. The number of hydrogen-bond acceptors (Lipinski definition) is 10. The molecule has 3 aliphatic heterocycles. The van der Waals surface area contributed by atoms with Gasteiger partial charge in [-0.1, -0.05) is 0 Å². The Hall–Kier alpha value is -0.400. The molecule has 3 aliphatic rings. The van der Waals surface area contributed by atoms with Crippen LogP contribution in [0.15, 0.2) is 0 Å². The Morgan fingerprint density at radius 3 is 2.39 bits per heavy atom. The number of ether oxygens (including phenoxy) is 5. The number of aliphatic hydroxyl groups excluding tert-OH is 5. The average molecular weight is 338 g/mol. The standard InChI is InChI=1S/C13H22O10/c1-19-10-6(15)4(2-14)22-13(8(10)17)23-9-5-3-20-11(9)7(16)12(18)21-5/h4-18H,2-3H2,1H3/t4?,5-,6+,7?,8?,9-,10+,11?,12-,13+/m1/s1. The monoisotopic (exact) mass is 338 g/mol. The van der Waals surface area contributed by atoms with E-state index in [1.165, 1.54) is 7.11 Å². The van der Waals surface area contributed by atoms with Crippen LogP contribution in [0.2, 0.25) is 0 Å². The number of aliphatic hydroxyl groups is 5. The molecule has 0 aliphatic carbocycles. The molecule has 2 bridgehead atoms. The van der Waals surface area contributed by atoms with Gasteiger partial charge in [0.25, 0.3) is 0 Å². The normalized spacial score (nSPS) is 53.5. The summed E-state index contributed by atoms with van der Waals surface area (Å²) in [5.74, 6) is 0. The summed E-state index contributed by atoms with van der Waals surface area (Å²) in [6.07, 6.45) is -10.7. The summed E-state index contributed by atoms with van der Waals surface area (Å²) in [6.45, 7) is -0.370. The Morgan fingerprint density at radius 2 is 1.74 bits per heavy atom. The van der Waals surface area contributed by atoms with Gasteiger partial charge in [0, 0.05) is 7.11 Å². The topological polar surface area (TPSA) is 147 Å². The van der Waals surface area contributed by atoms with Gasteiger partial charge < -0.3 is 49.2 Å². The first-order valence-electron chi connectivity index (χ1n) is 7.41. The van der Waals surface area contributed by atoms with Crippen LogP contribution < -0.4 is 0 Å². The van der Waals surface area contributed by atoms with E-state index in [1.54, 1.807) is 0 Å². The van der Waals surface area contributed by atoms with E-state index in [-0.39, 0.29) is 6.61 Å². The molecule has 3 saturated heterocycles. The van der Waals surface area contributed by atoms with Gasteiger partial charge in [0.1, 0.15) is 48.8 Å². The van der Waals surface area contributed by atoms with Crippen LogP contribution in [-0.4, -0.2) is 107 Å². The van der Waals surface area contributed by atoms with Gasteiger partial charge in [-0.3, -0.25) is 0 Å². The van der Waals surface area contributed by atoms with E-state index in [0.717, 1.165) is 0 Å². The first-order chi connectivity index (χ1) is 11.0. The van der Waals surface area contributed by atoms with Gasteiger partial charge in [-0.05, 0) is 0 Å². The highest BCUT2D eigenvalue weighted by atomic mass is 16.7. The molecule has 0 radical (unpaired) electrons. The molecule has 0 aromatic carbocycles. The Bertz CT molecular complexity index is 408. The second kappa shape index (κ2) is 6.84. The van der Waals surface area contributed by atoms with Crippen molar-refractivity contribution in [3.63, 3.8) is 0 Å². The molecule has 134 valence electrons. The summed E-state index contributed by atoms with van der Waals surface area (Å²) in [6, 6.07) is 0. The van der Waals surface area contributed by atoms with Crippen molar-refractivity contribution in [3.05, 3.63) is 0 Å². The second-order valence-electron chi connectivity index (χ2n) is 5.86. The van der Waals surface area contributed by atoms with E-state index >= 15 is 0 Å². The van der Waals surface area contributed by atoms with Crippen molar-refractivity contribution in [1.82, 2.24) is 0 Å². The van der Waals surface area contributed by atoms with Gasteiger partial charge in [-0.15, -0.1) is 0 Å². The summed E-state index contributed by atoms with van der Waals surface area (Å²) in [5, 5.41) is 48.9. The lowest BCUT2D eigenvalue weighted by molar-refractivity contribution is -0.338. The summed E-state index contributed by atoms with van der Waals surface area (Å²) in [4.78, 5) is 0. The quantitative estimate of drug-likeness (QED) is 0.347. The van der Waals surface area contributed by atoms with Crippen molar-refractivity contribution in [3.8, 4) is 0 Å². The summed E-state index contributed by atoms with van der Waals surface area (Å²) < 4.78 is 26.6. The van der Waals surface area contributed by atoms with E-state index < -0.39 is 68.0 Å². The minimum atomic E-state index is -1.37. The predicted molar refractivity (Wildman–Crippen MR) is 70.1 cm³/mol. The second-order valence-corrected chi connectivity index (χ2v) is 5.86. The van der Waals surface area contributed by atoms with Crippen molar-refractivity contribution in [1.29, 1.82) is 0 Å². The van der Waals surface area contributed by atoms with Crippen molar-refractivity contribution in [2.45, 2.75) is 61.4 Å². The van der Waals surface area contributed by atoms with Crippen LogP contribution in [0.4, 0.5) is 0 Å². The summed E-state index contributed by atoms with van der Waals surface area (Å²) in [5.41, 5.74) is 0. The SMILES string of the molecule is CO[C@@H]1C(O)[C@H](O[C@H]2C3OC[C@H]2O[C@@H](O)C3O)OC(CO)[C@@H]1O. The largest absolute Gasteiger partial charge is 0.394 e. The van der Waals surface area contributed by atoms with Crippen molar-refractivity contribution >= 4 is 0 Å². The van der Waals surface area contributed by atoms with Crippen molar-refractivity contribution < 1.29 is 49.2 Å². The zero-order valence-electron chi connectivity index (χ0n) is 12.5. The minimum absolute atomic E-state index is 0.117. The van der Waals surface area contributed by atoms with Gasteiger partial charge in [0.15, 0.2) is 12.6 Å². The molecule has 10 heteroatoms. The van der Waals surface area contributed by atoms with Gasteiger partial charge in [0.2, 0.25) is 0 Å². The number of hydrogen-bond donors (Lipinski definition) is 5. The molecular weight excluding hydrogens is 316 g/mol. The van der Waals surface area contributed by atoms with Crippen molar-refractivity contribution in [2.24, 2.45) is 0 Å². The first kappa shape index (κ1) is 17.4. The Kier molecular flexibility index (Phi) is 5.18. The van der Waals surface area contributed by atoms with Gasteiger partial charge in [-0.25, -0.2) is 0 Å². The highest BCUT2D eigenvalue weighted by Gasteiger charge is 2.54. The van der Waals surface area contributed by atoms with Crippen LogP contribution in [0.3, 0.4) is 0 Å². The Balaban J connectivity index is 1.72. The lowest BCUT2D eigenvalue weighted by Crippen LogP contribution is -2.62. The molecule has 0 spiro atoms. The fourth-order valence-electron chi connectivity index (χ4n) is 3.20. The van der Waals surface area contributed by atoms with E-state index in [4.69, 9.17) is 23.7 Å². The van der Waals surface area contributed by atoms with Gasteiger partial charge >= 0.3 is 0 Å².